The first-order valence-corrected chi connectivity index (χ1v) is 13.7. The molecule has 45 heavy (non-hydrogen) atoms. The smallest absolute Gasteiger partial charge is 0.490 e. The molecule has 1 atom stereocenters. The number of halogens is 3. The Labute approximate surface area is 252 Å². The molecule has 1 aromatic heterocycles. The van der Waals surface area contributed by atoms with E-state index < -0.39 is 24.1 Å². The Morgan fingerprint density at radius 1 is 1.00 bits per heavy atom. The molecule has 0 aliphatic carbocycles. The number of phenolic OH excluding ortho intramolecular Hbond substituents is 1. The number of phenols is 1. The van der Waals surface area contributed by atoms with Gasteiger partial charge in [-0.3, -0.25) is 24.5 Å². The number of nitrogens with zero attached hydrogens (tertiary/aromatic N) is 6. The molecule has 0 spiro atoms. The minimum Gasteiger partial charge on any atom is -0.506 e. The molecule has 0 radical (unpaired) electrons. The summed E-state index contributed by atoms with van der Waals surface area (Å²) in [6.45, 7) is 2.39. The number of imide groups is 1. The Kier molecular flexibility index (Phi) is 8.43. The number of carbonyl (C=O) groups is 5. The minimum absolute atomic E-state index is 0.193. The van der Waals surface area contributed by atoms with Crippen molar-refractivity contribution in [3.05, 3.63) is 65.5 Å². The van der Waals surface area contributed by atoms with Gasteiger partial charge in [0.25, 0.3) is 11.8 Å². The number of carboxylic acid groups (broad SMARTS) is 1. The van der Waals surface area contributed by atoms with Crippen molar-refractivity contribution < 1.29 is 47.4 Å². The third-order valence-corrected chi connectivity index (χ3v) is 7.52. The molecular formula is C28H26F3N7O7. The van der Waals surface area contributed by atoms with Gasteiger partial charge in [-0.25, -0.2) is 9.48 Å². The number of anilines is 1. The summed E-state index contributed by atoms with van der Waals surface area (Å²) in [6, 6.07) is 11.7. The lowest BCUT2D eigenvalue weighted by Crippen LogP contribution is -2.52. The van der Waals surface area contributed by atoms with Gasteiger partial charge >= 0.3 is 12.1 Å². The number of hydrogen-bond donors (Lipinski definition) is 3. The number of fused-ring (bicyclic) bond motifs is 1. The molecular weight excluding hydrogens is 603 g/mol. The number of amides is 4. The second-order valence-corrected chi connectivity index (χ2v) is 10.4. The van der Waals surface area contributed by atoms with E-state index in [1.165, 1.54) is 15.8 Å². The summed E-state index contributed by atoms with van der Waals surface area (Å²) in [5.74, 6) is -3.85. The third kappa shape index (κ3) is 6.56. The zero-order valence-electron chi connectivity index (χ0n) is 23.4. The van der Waals surface area contributed by atoms with Gasteiger partial charge in [-0.15, -0.1) is 5.10 Å². The number of hydrogen-bond acceptors (Lipinski definition) is 9. The van der Waals surface area contributed by atoms with E-state index in [1.54, 1.807) is 35.2 Å². The molecule has 17 heteroatoms. The van der Waals surface area contributed by atoms with Crippen molar-refractivity contribution in [1.82, 2.24) is 30.1 Å². The van der Waals surface area contributed by atoms with Gasteiger partial charge in [-0.2, -0.15) is 13.2 Å². The first-order chi connectivity index (χ1) is 21.3. The largest absolute Gasteiger partial charge is 0.506 e. The molecule has 3 aliphatic rings. The van der Waals surface area contributed by atoms with Gasteiger partial charge in [-0.05, 0) is 36.2 Å². The Balaban J connectivity index is 0.000000515. The van der Waals surface area contributed by atoms with Crippen molar-refractivity contribution in [3.8, 4) is 11.4 Å². The molecule has 4 heterocycles. The average molecular weight is 630 g/mol. The van der Waals surface area contributed by atoms with E-state index in [9.17, 15) is 37.5 Å². The zero-order valence-corrected chi connectivity index (χ0v) is 23.4. The second kappa shape index (κ2) is 12.3. The highest BCUT2D eigenvalue weighted by Crippen LogP contribution is 2.30. The molecule has 3 N–H and O–H groups in total. The first kappa shape index (κ1) is 31.0. The molecule has 3 aliphatic heterocycles. The van der Waals surface area contributed by atoms with Crippen LogP contribution >= 0.6 is 0 Å². The maximum absolute atomic E-state index is 13.1. The van der Waals surface area contributed by atoms with E-state index in [4.69, 9.17) is 9.90 Å². The Morgan fingerprint density at radius 2 is 1.69 bits per heavy atom. The van der Waals surface area contributed by atoms with Crippen LogP contribution < -0.4 is 10.2 Å². The number of piperidine rings is 1. The van der Waals surface area contributed by atoms with Gasteiger partial charge in [0.1, 0.15) is 11.8 Å². The Bertz CT molecular complexity index is 1670. The fourth-order valence-corrected chi connectivity index (χ4v) is 5.22. The lowest BCUT2D eigenvalue weighted by Gasteiger charge is -2.35. The van der Waals surface area contributed by atoms with E-state index in [1.807, 2.05) is 17.0 Å². The lowest BCUT2D eigenvalue weighted by molar-refractivity contribution is -0.192. The summed E-state index contributed by atoms with van der Waals surface area (Å²) in [7, 11) is 0. The predicted molar refractivity (Wildman–Crippen MR) is 147 cm³/mol. The highest BCUT2D eigenvalue weighted by atomic mass is 19.4. The van der Waals surface area contributed by atoms with Crippen LogP contribution in [0.5, 0.6) is 5.75 Å². The summed E-state index contributed by atoms with van der Waals surface area (Å²) in [5, 5.41) is 27.7. The fourth-order valence-electron chi connectivity index (χ4n) is 5.22. The monoisotopic (exact) mass is 629 g/mol. The zero-order chi connectivity index (χ0) is 32.5. The van der Waals surface area contributed by atoms with Crippen molar-refractivity contribution in [1.29, 1.82) is 0 Å². The number of aliphatic carboxylic acids is 1. The number of piperazine rings is 1. The highest BCUT2D eigenvalue weighted by molar-refractivity contribution is 6.05. The van der Waals surface area contributed by atoms with Crippen LogP contribution in [0.2, 0.25) is 0 Å². The number of aromatic hydroxyl groups is 1. The Morgan fingerprint density at radius 3 is 2.33 bits per heavy atom. The third-order valence-electron chi connectivity index (χ3n) is 7.52. The molecule has 4 amide bonds. The molecule has 3 aromatic rings. The van der Waals surface area contributed by atoms with Crippen LogP contribution in [0.1, 0.15) is 39.3 Å². The van der Waals surface area contributed by atoms with Crippen molar-refractivity contribution in [2.45, 2.75) is 31.6 Å². The fraction of sp³-hybridized carbons (Fsp3) is 0.321. The summed E-state index contributed by atoms with van der Waals surface area (Å²) < 4.78 is 33.2. The maximum Gasteiger partial charge on any atom is 0.490 e. The number of carboxylic acids is 1. The van der Waals surface area contributed by atoms with Crippen LogP contribution in [0.4, 0.5) is 18.9 Å². The van der Waals surface area contributed by atoms with Crippen molar-refractivity contribution in [3.63, 3.8) is 0 Å². The number of rotatable bonds is 4. The summed E-state index contributed by atoms with van der Waals surface area (Å²) in [6.07, 6.45) is -3.05. The maximum atomic E-state index is 13.1. The van der Waals surface area contributed by atoms with Crippen molar-refractivity contribution in [2.24, 2.45) is 0 Å². The van der Waals surface area contributed by atoms with Crippen molar-refractivity contribution >= 4 is 35.3 Å². The van der Waals surface area contributed by atoms with Crippen LogP contribution in [0.15, 0.2) is 48.7 Å². The number of nitrogens with one attached hydrogen (secondary N) is 1. The topological polar surface area (TPSA) is 178 Å². The summed E-state index contributed by atoms with van der Waals surface area (Å²) in [5.41, 5.74) is 2.74. The van der Waals surface area contributed by atoms with Crippen molar-refractivity contribution in [2.75, 3.05) is 31.1 Å². The first-order valence-electron chi connectivity index (χ1n) is 13.7. The van der Waals surface area contributed by atoms with Gasteiger partial charge in [0.15, 0.2) is 5.69 Å². The molecule has 0 bridgehead atoms. The summed E-state index contributed by atoms with van der Waals surface area (Å²) in [4.78, 5) is 64.1. The molecule has 236 valence electrons. The van der Waals surface area contributed by atoms with E-state index in [2.05, 4.69) is 15.6 Å². The number of alkyl halides is 3. The van der Waals surface area contributed by atoms with Crippen LogP contribution in [0, 0.1) is 0 Å². The number of aromatic nitrogens is 3. The summed E-state index contributed by atoms with van der Waals surface area (Å²) >= 11 is 0. The predicted octanol–water partition coefficient (Wildman–Crippen LogP) is 1.33. The number of carbonyl (C=O) groups excluding carboxylic acids is 4. The van der Waals surface area contributed by atoms with Gasteiger partial charge in [0.05, 0.1) is 17.6 Å². The normalized spacial score (nSPS) is 18.2. The quantitative estimate of drug-likeness (QED) is 0.357. The average Bonchev–Trinajstić information content (AvgIpc) is 3.62. The molecule has 2 aromatic carbocycles. The lowest BCUT2D eigenvalue weighted by atomic mass is 10.0. The molecule has 0 saturated carbocycles. The van der Waals surface area contributed by atoms with Gasteiger partial charge in [0.2, 0.25) is 11.8 Å². The van der Waals surface area contributed by atoms with Crippen LogP contribution in [-0.4, -0.2) is 103 Å². The second-order valence-electron chi connectivity index (χ2n) is 10.4. The Hall–Kier alpha value is -5.48. The standard InChI is InChI=1S/C26H25N7O5.C2HF3O2/c34-22-4-2-1-3-20(22)30-9-11-31(12-10-30)26(38)19-15-33(29-28-19)17-6-5-16-14-32(25(37)18(16)13-17)21-7-8-23(35)27-24(21)36;3-2(4,5)1(6)7/h1-6,13,15,21,34H,7-12,14H2,(H,27,35,36);(H,6,7). The number of para-hydroxylation sites is 2. The molecule has 2 fully saturated rings. The van der Waals surface area contributed by atoms with E-state index in [0.29, 0.717) is 43.9 Å². The van der Waals surface area contributed by atoms with E-state index >= 15 is 0 Å². The van der Waals surface area contributed by atoms with Crippen LogP contribution in [-0.2, 0) is 20.9 Å². The van der Waals surface area contributed by atoms with E-state index in [-0.39, 0.29) is 42.1 Å². The van der Waals surface area contributed by atoms with E-state index in [0.717, 1.165) is 11.3 Å². The van der Waals surface area contributed by atoms with Gasteiger partial charge in [0, 0.05) is 44.7 Å². The molecule has 2 saturated heterocycles. The van der Waals surface area contributed by atoms with Gasteiger partial charge in [-0.1, -0.05) is 23.4 Å². The highest BCUT2D eigenvalue weighted by Gasteiger charge is 2.39. The molecule has 1 unspecified atom stereocenters. The number of benzene rings is 2. The molecule has 6 rings (SSSR count). The SMILES string of the molecule is O=C(O)C(F)(F)F.O=C1CCC(N2Cc3ccc(-n4cc(C(=O)N5CCN(c6ccccc6O)CC5)nn4)cc3C2=O)C(=O)N1. The minimum atomic E-state index is -5.08. The molecule has 14 nitrogen and oxygen atoms in total. The van der Waals surface area contributed by atoms with Gasteiger partial charge < -0.3 is 24.9 Å². The van der Waals surface area contributed by atoms with Crippen LogP contribution in [0.25, 0.3) is 5.69 Å². The van der Waals surface area contributed by atoms with Crippen LogP contribution in [0.3, 0.4) is 0 Å².